The number of aliphatic hydroxyl groups excluding tert-OH is 3. The van der Waals surface area contributed by atoms with Gasteiger partial charge in [0.1, 0.15) is 12.5 Å². The van der Waals surface area contributed by atoms with Gasteiger partial charge in [-0.05, 0) is 119 Å². The van der Waals surface area contributed by atoms with E-state index in [-0.39, 0.29) is 31.1 Å². The quantitative estimate of drug-likeness (QED) is 0.0712. The van der Waals surface area contributed by atoms with Gasteiger partial charge in [0, 0.05) is 41.2 Å². The summed E-state index contributed by atoms with van der Waals surface area (Å²) in [5.41, 5.74) is 1.92. The third-order valence-electron chi connectivity index (χ3n) is 13.8. The summed E-state index contributed by atoms with van der Waals surface area (Å²) in [6, 6.07) is 8.73. The van der Waals surface area contributed by atoms with Crippen molar-refractivity contribution in [2.75, 3.05) is 26.8 Å². The SMILES string of the molecule is C=C(/C=C/C=C(/CO)[C@@H]1CC[C@@]23[C@H]4/C(=C(/C)C=O)[C@H](C=C[C@@]4(CCO)C=C[C@@]12O)C[C@]3(O)CCNC)[C@H]1C/C=C(\C)[C@@H](O)N[C@@H](C)Cc2cccc(c2)C1. The standard InChI is InChI=1S/C46H62N2O6/c1-30(36-13-12-31(2)42(52)48-33(4)24-34-9-7-10-35(25-34)26-36)8-6-11-38(29-51)39-15-17-45-41-40(32(3)28-50)37(27-44(45,53)20-22-47-5)14-16-43(41,21-23-49)18-19-46(39,45)54/h6-12,14,16,18-19,25,28,33,36-37,39,41-42,47-49,51-54H,1,13,15,17,20-24,26-27,29H2,2-5H3/b8-6+,31-12+,38-11-,40-32-/t33-,36-,37+,39-,41-,42+,43-,44+,45-,46+/m0/s1. The molecule has 1 aliphatic heterocycles. The molecule has 292 valence electrons. The summed E-state index contributed by atoms with van der Waals surface area (Å²) >= 11 is 0. The smallest absolute Gasteiger partial charge is 0.145 e. The summed E-state index contributed by atoms with van der Waals surface area (Å²) in [5.74, 6) is -0.979. The fourth-order valence-corrected chi connectivity index (χ4v) is 11.2. The van der Waals surface area contributed by atoms with Gasteiger partial charge in [-0.3, -0.25) is 10.1 Å². The number of fused-ring (bicyclic) bond motifs is 3. The van der Waals surface area contributed by atoms with E-state index in [0.717, 1.165) is 35.8 Å². The Morgan fingerprint density at radius 2 is 1.87 bits per heavy atom. The van der Waals surface area contributed by atoms with Gasteiger partial charge in [-0.2, -0.15) is 0 Å². The summed E-state index contributed by atoms with van der Waals surface area (Å²) in [7, 11) is 1.86. The minimum absolute atomic E-state index is 0.0734. The van der Waals surface area contributed by atoms with Crippen molar-refractivity contribution in [3.8, 4) is 0 Å². The van der Waals surface area contributed by atoms with Crippen LogP contribution in [0.4, 0.5) is 0 Å². The van der Waals surface area contributed by atoms with Crippen molar-refractivity contribution in [2.45, 2.75) is 95.6 Å². The highest BCUT2D eigenvalue weighted by Gasteiger charge is 2.77. The van der Waals surface area contributed by atoms with Crippen LogP contribution in [0.25, 0.3) is 0 Å². The van der Waals surface area contributed by atoms with Crippen LogP contribution in [0.15, 0.2) is 107 Å². The number of carbonyl (C=O) groups excluding carboxylic acids is 1. The summed E-state index contributed by atoms with van der Waals surface area (Å²) in [4.78, 5) is 12.5. The van der Waals surface area contributed by atoms with Crippen molar-refractivity contribution in [2.24, 2.45) is 34.5 Å². The summed E-state index contributed by atoms with van der Waals surface area (Å²) < 4.78 is 0. The van der Waals surface area contributed by atoms with Crippen molar-refractivity contribution in [1.29, 1.82) is 0 Å². The maximum atomic E-state index is 13.3. The Hall–Kier alpha value is -3.21. The summed E-state index contributed by atoms with van der Waals surface area (Å²) in [6.07, 6.45) is 20.7. The number of allylic oxidation sites excluding steroid dienone is 10. The first-order chi connectivity index (χ1) is 25.8. The van der Waals surface area contributed by atoms with Gasteiger partial charge in [0.25, 0.3) is 0 Å². The Morgan fingerprint density at radius 3 is 2.57 bits per heavy atom. The summed E-state index contributed by atoms with van der Waals surface area (Å²) in [6.45, 7) is 10.5. The van der Waals surface area contributed by atoms with Crippen molar-refractivity contribution < 1.29 is 30.3 Å². The van der Waals surface area contributed by atoms with Crippen LogP contribution < -0.4 is 10.6 Å². The predicted octanol–water partition coefficient (Wildman–Crippen LogP) is 5.19. The molecular weight excluding hydrogens is 677 g/mol. The number of aldehydes is 1. The summed E-state index contributed by atoms with van der Waals surface area (Å²) in [5, 5.41) is 64.9. The van der Waals surface area contributed by atoms with Gasteiger partial charge in [0.05, 0.1) is 17.8 Å². The van der Waals surface area contributed by atoms with E-state index in [1.165, 1.54) is 11.1 Å². The number of rotatable bonds is 11. The molecule has 0 radical (unpaired) electrons. The van der Waals surface area contributed by atoms with Gasteiger partial charge >= 0.3 is 0 Å². The molecule has 2 fully saturated rings. The van der Waals surface area contributed by atoms with E-state index in [1.807, 2.05) is 51.3 Å². The molecule has 1 aromatic carbocycles. The van der Waals surface area contributed by atoms with E-state index in [9.17, 15) is 30.3 Å². The van der Waals surface area contributed by atoms with Crippen LogP contribution in [0.2, 0.25) is 0 Å². The van der Waals surface area contributed by atoms with Crippen LogP contribution in [-0.2, 0) is 17.6 Å². The Bertz CT molecular complexity index is 1770. The molecule has 5 aliphatic rings. The van der Waals surface area contributed by atoms with E-state index >= 15 is 0 Å². The van der Waals surface area contributed by atoms with Crippen molar-refractivity contribution in [3.05, 3.63) is 118 Å². The van der Waals surface area contributed by atoms with Gasteiger partial charge in [-0.15, -0.1) is 0 Å². The molecule has 54 heavy (non-hydrogen) atoms. The molecule has 1 aromatic rings. The van der Waals surface area contributed by atoms with Gasteiger partial charge in [0.15, 0.2) is 0 Å². The number of benzene rings is 1. The van der Waals surface area contributed by atoms with Crippen LogP contribution >= 0.6 is 0 Å². The third kappa shape index (κ3) is 6.93. The van der Waals surface area contributed by atoms with Crippen LogP contribution in [0, 0.1) is 34.5 Å². The molecule has 8 nitrogen and oxygen atoms in total. The number of carbonyl (C=O) groups is 1. The average molecular weight is 739 g/mol. The molecule has 8 heteroatoms. The molecule has 0 amide bonds. The first kappa shape index (κ1) is 40.5. The molecule has 0 saturated heterocycles. The number of aliphatic hydroxyl groups is 5. The topological polar surface area (TPSA) is 142 Å². The monoisotopic (exact) mass is 738 g/mol. The Morgan fingerprint density at radius 1 is 1.11 bits per heavy atom. The fraction of sp³-hybridized carbons (Fsp3) is 0.543. The predicted molar refractivity (Wildman–Crippen MR) is 214 cm³/mol. The Labute approximate surface area is 321 Å². The van der Waals surface area contributed by atoms with Crippen molar-refractivity contribution in [1.82, 2.24) is 10.6 Å². The lowest BCUT2D eigenvalue weighted by atomic mass is 9.37. The molecule has 10 atom stereocenters. The highest BCUT2D eigenvalue weighted by atomic mass is 16.3. The number of hydrogen-bond acceptors (Lipinski definition) is 8. The molecule has 0 aromatic heterocycles. The van der Waals surface area contributed by atoms with Crippen LogP contribution in [-0.4, -0.2) is 82.1 Å². The van der Waals surface area contributed by atoms with Gasteiger partial charge in [-0.1, -0.05) is 90.6 Å². The maximum absolute atomic E-state index is 13.3. The van der Waals surface area contributed by atoms with Crippen LogP contribution in [0.1, 0.15) is 70.4 Å². The largest absolute Gasteiger partial charge is 0.396 e. The molecule has 6 rings (SSSR count). The lowest BCUT2D eigenvalue weighted by Crippen LogP contribution is -2.72. The first-order valence-electron chi connectivity index (χ1n) is 19.9. The molecule has 2 saturated carbocycles. The highest BCUT2D eigenvalue weighted by molar-refractivity contribution is 5.75. The second-order valence-corrected chi connectivity index (χ2v) is 17.0. The zero-order valence-corrected chi connectivity index (χ0v) is 32.6. The lowest BCUT2D eigenvalue weighted by molar-refractivity contribution is -0.233. The fourth-order valence-electron chi connectivity index (χ4n) is 11.2. The Balaban J connectivity index is 1.36. The van der Waals surface area contributed by atoms with Crippen molar-refractivity contribution >= 4 is 6.29 Å². The minimum atomic E-state index is -1.53. The van der Waals surface area contributed by atoms with Gasteiger partial charge in [-0.25, -0.2) is 0 Å². The molecule has 1 spiro atoms. The molecular formula is C46H62N2O6. The number of nitrogens with one attached hydrogen (secondary N) is 2. The van der Waals surface area contributed by atoms with E-state index in [1.54, 1.807) is 0 Å². The van der Waals surface area contributed by atoms with E-state index < -0.39 is 40.1 Å². The number of hydrogen-bond donors (Lipinski definition) is 7. The zero-order valence-electron chi connectivity index (χ0n) is 32.6. The van der Waals surface area contributed by atoms with Gasteiger partial charge < -0.3 is 30.8 Å². The van der Waals surface area contributed by atoms with E-state index in [2.05, 4.69) is 66.6 Å². The third-order valence-corrected chi connectivity index (χ3v) is 13.8. The molecule has 4 bridgehead atoms. The highest BCUT2D eigenvalue weighted by Crippen LogP contribution is 2.75. The second kappa shape index (κ2) is 16.1. The lowest BCUT2D eigenvalue weighted by Gasteiger charge is -2.68. The van der Waals surface area contributed by atoms with E-state index in [4.69, 9.17) is 0 Å². The molecule has 0 unspecified atom stereocenters. The van der Waals surface area contributed by atoms with E-state index in [0.29, 0.717) is 56.2 Å². The second-order valence-electron chi connectivity index (χ2n) is 17.0. The van der Waals surface area contributed by atoms with Crippen LogP contribution in [0.3, 0.4) is 0 Å². The van der Waals surface area contributed by atoms with Gasteiger partial charge in [0.2, 0.25) is 0 Å². The van der Waals surface area contributed by atoms with Crippen LogP contribution in [0.5, 0.6) is 0 Å². The Kier molecular flexibility index (Phi) is 12.1. The molecule has 4 aliphatic carbocycles. The molecule has 1 heterocycles. The normalized spacial score (nSPS) is 39.6. The average Bonchev–Trinajstić information content (AvgIpc) is 3.47. The van der Waals surface area contributed by atoms with Crippen molar-refractivity contribution in [3.63, 3.8) is 0 Å². The maximum Gasteiger partial charge on any atom is 0.145 e. The zero-order chi connectivity index (χ0) is 38.9. The molecule has 7 N–H and O–H groups in total. The first-order valence-corrected chi connectivity index (χ1v) is 19.9. The minimum Gasteiger partial charge on any atom is -0.396 e.